The van der Waals surface area contributed by atoms with Crippen molar-refractivity contribution in [2.24, 2.45) is 23.7 Å². The normalized spacial score (nSPS) is 29.3. The summed E-state index contributed by atoms with van der Waals surface area (Å²) in [5.74, 6) is 3.55. The highest BCUT2D eigenvalue weighted by atomic mass is 28.4. The van der Waals surface area contributed by atoms with Crippen molar-refractivity contribution in [1.29, 1.82) is 0 Å². The fraction of sp³-hybridized carbons (Fsp3) is 0.860. The van der Waals surface area contributed by atoms with E-state index in [0.29, 0.717) is 51.0 Å². The van der Waals surface area contributed by atoms with Gasteiger partial charge in [-0.1, -0.05) is 136 Å². The van der Waals surface area contributed by atoms with Crippen molar-refractivity contribution in [3.05, 3.63) is 23.8 Å². The Kier molecular flexibility index (Phi) is 13.7. The van der Waals surface area contributed by atoms with Gasteiger partial charge in [0.05, 0.1) is 12.2 Å². The van der Waals surface area contributed by atoms with Crippen LogP contribution in [0.5, 0.6) is 11.5 Å². The molecule has 2 aliphatic heterocycles. The second-order valence-corrected chi connectivity index (χ2v) is 29.7. The van der Waals surface area contributed by atoms with E-state index in [0.717, 1.165) is 30.3 Å². The van der Waals surface area contributed by atoms with Crippen LogP contribution in [0.15, 0.2) is 18.2 Å². The van der Waals surface area contributed by atoms with Gasteiger partial charge in [-0.05, 0) is 88.0 Å². The molecule has 1 aromatic carbocycles. The van der Waals surface area contributed by atoms with Crippen molar-refractivity contribution < 1.29 is 18.3 Å². The lowest BCUT2D eigenvalue weighted by Crippen LogP contribution is -2.55. The summed E-state index contributed by atoms with van der Waals surface area (Å²) in [7, 11) is -4.41. The summed E-state index contributed by atoms with van der Waals surface area (Å²) in [6.45, 7) is 35.7. The van der Waals surface area contributed by atoms with Gasteiger partial charge in [-0.2, -0.15) is 0 Å². The van der Waals surface area contributed by atoms with Gasteiger partial charge in [0.25, 0.3) is 16.6 Å². The Bertz CT molecular complexity index is 1090. The number of hydrogen-bond acceptors (Lipinski definition) is 4. The van der Waals surface area contributed by atoms with E-state index in [1.807, 2.05) is 0 Å². The molecule has 3 aliphatic rings. The molecule has 282 valence electrons. The quantitative estimate of drug-likeness (QED) is 0.191. The van der Waals surface area contributed by atoms with Crippen molar-refractivity contribution in [1.82, 2.24) is 0 Å². The highest BCUT2D eigenvalue weighted by Gasteiger charge is 2.52. The summed E-state index contributed by atoms with van der Waals surface area (Å²) in [6, 6.07) is 6.92. The molecule has 49 heavy (non-hydrogen) atoms. The predicted molar refractivity (Wildman–Crippen MR) is 214 cm³/mol. The lowest BCUT2D eigenvalue weighted by molar-refractivity contribution is -0.356. The van der Waals surface area contributed by atoms with E-state index in [-0.39, 0.29) is 12.2 Å². The predicted octanol–water partition coefficient (Wildman–Crippen LogP) is 14.0. The van der Waals surface area contributed by atoms with Crippen LogP contribution in [0.3, 0.4) is 0 Å². The molecule has 3 fully saturated rings. The molecule has 1 unspecified atom stereocenters. The molecule has 0 N–H and O–H groups in total. The molecule has 1 spiro atoms. The van der Waals surface area contributed by atoms with E-state index in [4.69, 9.17) is 18.3 Å². The first-order valence-electron chi connectivity index (χ1n) is 20.8. The molecule has 0 bridgehead atoms. The van der Waals surface area contributed by atoms with Gasteiger partial charge in [-0.15, -0.1) is 0 Å². The monoisotopic (exact) mass is 715 g/mol. The fourth-order valence-electron chi connectivity index (χ4n) is 11.2. The first-order chi connectivity index (χ1) is 22.9. The molecular weight excluding hydrogens is 637 g/mol. The molecule has 1 aromatic rings. The molecule has 1 saturated carbocycles. The molecule has 2 saturated heterocycles. The van der Waals surface area contributed by atoms with Crippen molar-refractivity contribution in [3.8, 4) is 11.5 Å². The zero-order valence-corrected chi connectivity index (χ0v) is 36.7. The molecule has 2 heterocycles. The zero-order valence-electron chi connectivity index (χ0n) is 34.7. The number of benzene rings is 1. The number of rotatable bonds is 13. The van der Waals surface area contributed by atoms with Crippen LogP contribution in [0.4, 0.5) is 0 Å². The third-order valence-corrected chi connectivity index (χ3v) is 25.8. The zero-order chi connectivity index (χ0) is 36.5. The highest BCUT2D eigenvalue weighted by Crippen LogP contribution is 2.53. The molecule has 4 rings (SSSR count). The van der Waals surface area contributed by atoms with Crippen LogP contribution in [-0.4, -0.2) is 28.5 Å². The van der Waals surface area contributed by atoms with Crippen molar-refractivity contribution >= 4 is 16.6 Å². The Hall–Kier alpha value is -0.826. The second-order valence-electron chi connectivity index (χ2n) is 19.0. The van der Waals surface area contributed by atoms with Gasteiger partial charge in [0.1, 0.15) is 11.5 Å². The first kappa shape index (κ1) is 40.9. The maximum atomic E-state index is 7.45. The van der Waals surface area contributed by atoms with E-state index < -0.39 is 22.4 Å². The minimum Gasteiger partial charge on any atom is -0.543 e. The summed E-state index contributed by atoms with van der Waals surface area (Å²) < 4.78 is 29.6. The summed E-state index contributed by atoms with van der Waals surface area (Å²) in [4.78, 5) is 0. The fourth-order valence-corrected chi connectivity index (χ4v) is 21.7. The second kappa shape index (κ2) is 16.5. The lowest BCUT2D eigenvalue weighted by Gasteiger charge is -2.53. The molecule has 0 amide bonds. The van der Waals surface area contributed by atoms with Gasteiger partial charge in [0.15, 0.2) is 5.79 Å². The van der Waals surface area contributed by atoms with Crippen molar-refractivity contribution in [3.63, 3.8) is 0 Å². The molecular formula is C43H78O4Si2. The van der Waals surface area contributed by atoms with Gasteiger partial charge in [-0.3, -0.25) is 0 Å². The van der Waals surface area contributed by atoms with Crippen LogP contribution in [0.2, 0.25) is 33.2 Å². The number of ether oxygens (including phenoxy) is 2. The van der Waals surface area contributed by atoms with Crippen LogP contribution < -0.4 is 8.85 Å². The van der Waals surface area contributed by atoms with Crippen LogP contribution in [0.25, 0.3) is 0 Å². The van der Waals surface area contributed by atoms with E-state index in [1.165, 1.54) is 50.5 Å². The van der Waals surface area contributed by atoms with E-state index in [1.54, 1.807) is 0 Å². The maximum Gasteiger partial charge on any atom is 0.258 e. The maximum absolute atomic E-state index is 7.45. The van der Waals surface area contributed by atoms with Crippen LogP contribution in [0, 0.1) is 23.7 Å². The van der Waals surface area contributed by atoms with E-state index in [9.17, 15) is 0 Å². The van der Waals surface area contributed by atoms with Crippen molar-refractivity contribution in [2.75, 3.05) is 0 Å². The van der Waals surface area contributed by atoms with Gasteiger partial charge in [0.2, 0.25) is 0 Å². The standard InChI is InChI=1S/C43H78O4Si2/c1-28(2)48(29(3)4,30(5)6)46-39-25-38(26-40(27-39)47-49(31(7)8,32(9)10)33(11)12)42-34(13)21-22-43(45-42)36(15)23-35(14)41(44-43)24-37-19-17-16-18-20-37/h25-37,41-42H,16-24H2,1-15H3/t34-,35+,36+,41-,42+,43?/m1/s1. The molecule has 0 aromatic heterocycles. The largest absolute Gasteiger partial charge is 0.543 e. The van der Waals surface area contributed by atoms with Crippen LogP contribution in [0.1, 0.15) is 173 Å². The van der Waals surface area contributed by atoms with Crippen LogP contribution in [-0.2, 0) is 9.47 Å². The average Bonchev–Trinajstić information content (AvgIpc) is 3.01. The van der Waals surface area contributed by atoms with Gasteiger partial charge < -0.3 is 18.3 Å². The average molecular weight is 715 g/mol. The minimum absolute atomic E-state index is 0.0627. The van der Waals surface area contributed by atoms with E-state index in [2.05, 4.69) is 122 Å². The topological polar surface area (TPSA) is 36.9 Å². The molecule has 0 radical (unpaired) electrons. The summed E-state index contributed by atoms with van der Waals surface area (Å²) in [6.07, 6.45) is 11.6. The van der Waals surface area contributed by atoms with Crippen LogP contribution >= 0.6 is 0 Å². The third kappa shape index (κ3) is 8.38. The van der Waals surface area contributed by atoms with Gasteiger partial charge >= 0.3 is 0 Å². The Balaban J connectivity index is 1.78. The molecule has 4 nitrogen and oxygen atoms in total. The first-order valence-corrected chi connectivity index (χ1v) is 25.1. The Morgan fingerprint density at radius 2 is 1.10 bits per heavy atom. The van der Waals surface area contributed by atoms with Gasteiger partial charge in [0, 0.05) is 18.4 Å². The molecule has 1 aliphatic carbocycles. The van der Waals surface area contributed by atoms with E-state index >= 15 is 0 Å². The van der Waals surface area contributed by atoms with Gasteiger partial charge in [-0.25, -0.2) is 0 Å². The lowest BCUT2D eigenvalue weighted by atomic mass is 9.75. The van der Waals surface area contributed by atoms with Crippen molar-refractivity contribution in [2.45, 2.75) is 213 Å². The SMILES string of the molecule is CC(C)[Si](Oc1cc(O[Si](C(C)C)(C(C)C)C(C)C)cc([C@H]2OC3(CC[C@H]2C)O[C@H](CC2CCCCC2)[C@@H](C)C[C@@H]3C)c1)(C(C)C)C(C)C. The Morgan fingerprint density at radius 3 is 1.55 bits per heavy atom. The summed E-state index contributed by atoms with van der Waals surface area (Å²) in [5, 5.41) is 0. The Morgan fingerprint density at radius 1 is 0.633 bits per heavy atom. The molecule has 6 atom stereocenters. The summed E-state index contributed by atoms with van der Waals surface area (Å²) in [5.41, 5.74) is 4.14. The Labute approximate surface area is 305 Å². The number of hydrogen-bond donors (Lipinski definition) is 0. The third-order valence-electron chi connectivity index (χ3n) is 13.8. The minimum atomic E-state index is -2.20. The molecule has 6 heteroatoms. The summed E-state index contributed by atoms with van der Waals surface area (Å²) >= 11 is 0. The smallest absolute Gasteiger partial charge is 0.258 e. The highest BCUT2D eigenvalue weighted by molar-refractivity contribution is 6.78.